The van der Waals surface area contributed by atoms with Crippen LogP contribution in [0.3, 0.4) is 0 Å². The molecule has 4 nitrogen and oxygen atoms in total. The fourth-order valence-electron chi connectivity index (χ4n) is 1.31. The van der Waals surface area contributed by atoms with E-state index in [2.05, 4.69) is 11.2 Å². The van der Waals surface area contributed by atoms with Gasteiger partial charge in [-0.25, -0.2) is 4.79 Å². The Bertz CT molecular complexity index is 482. The first-order valence-electron chi connectivity index (χ1n) is 5.20. The number of hydrogen-bond donors (Lipinski definition) is 1. The predicted molar refractivity (Wildman–Crippen MR) is 66.3 cm³/mol. The largest absolute Gasteiger partial charge is 0.322 e. The summed E-state index contributed by atoms with van der Waals surface area (Å²) >= 11 is 0. The maximum absolute atomic E-state index is 11.8. The maximum Gasteiger partial charge on any atom is 0.322 e. The SMILES string of the molecule is C#CCN(CC)C(=O)Nc1cccc(C#N)c1. The van der Waals surface area contributed by atoms with E-state index in [9.17, 15) is 4.79 Å². The average Bonchev–Trinajstić information content (AvgIpc) is 2.36. The first kappa shape index (κ1) is 12.6. The van der Waals surface area contributed by atoms with Crippen LogP contribution in [0.4, 0.5) is 10.5 Å². The minimum absolute atomic E-state index is 0.263. The van der Waals surface area contributed by atoms with Gasteiger partial charge in [-0.15, -0.1) is 6.42 Å². The zero-order chi connectivity index (χ0) is 12.7. The van der Waals surface area contributed by atoms with Crippen LogP contribution in [0.25, 0.3) is 0 Å². The summed E-state index contributed by atoms with van der Waals surface area (Å²) in [5.41, 5.74) is 1.09. The molecule has 0 bridgehead atoms. The Morgan fingerprint density at radius 3 is 2.94 bits per heavy atom. The van der Waals surface area contributed by atoms with Crippen LogP contribution in [0.1, 0.15) is 12.5 Å². The van der Waals surface area contributed by atoms with E-state index in [0.29, 0.717) is 17.8 Å². The van der Waals surface area contributed by atoms with Crippen molar-refractivity contribution in [3.63, 3.8) is 0 Å². The lowest BCUT2D eigenvalue weighted by Crippen LogP contribution is -2.35. The van der Waals surface area contributed by atoms with Crippen molar-refractivity contribution in [2.45, 2.75) is 6.92 Å². The minimum Gasteiger partial charge on any atom is -0.314 e. The highest BCUT2D eigenvalue weighted by atomic mass is 16.2. The van der Waals surface area contributed by atoms with Gasteiger partial charge in [-0.1, -0.05) is 12.0 Å². The van der Waals surface area contributed by atoms with Gasteiger partial charge in [-0.2, -0.15) is 5.26 Å². The van der Waals surface area contributed by atoms with Crippen molar-refractivity contribution < 1.29 is 4.79 Å². The van der Waals surface area contributed by atoms with E-state index in [-0.39, 0.29) is 12.6 Å². The second-order valence-corrected chi connectivity index (χ2v) is 3.34. The maximum atomic E-state index is 11.8. The molecule has 4 heteroatoms. The van der Waals surface area contributed by atoms with Crippen LogP contribution in [0, 0.1) is 23.7 Å². The van der Waals surface area contributed by atoms with Crippen LogP contribution in [0.5, 0.6) is 0 Å². The van der Waals surface area contributed by atoms with E-state index < -0.39 is 0 Å². The fraction of sp³-hybridized carbons (Fsp3) is 0.231. The highest BCUT2D eigenvalue weighted by molar-refractivity contribution is 5.89. The Kier molecular flexibility index (Phi) is 4.59. The van der Waals surface area contributed by atoms with Gasteiger partial charge in [0.15, 0.2) is 0 Å². The van der Waals surface area contributed by atoms with Crippen LogP contribution in [-0.4, -0.2) is 24.0 Å². The molecule has 86 valence electrons. The standard InChI is InChI=1S/C13H13N3O/c1-3-8-16(4-2)13(17)15-12-7-5-6-11(9-12)10-14/h1,5-7,9H,4,8H2,2H3,(H,15,17). The molecule has 0 aliphatic carbocycles. The zero-order valence-corrected chi connectivity index (χ0v) is 9.60. The summed E-state index contributed by atoms with van der Waals surface area (Å²) in [6.07, 6.45) is 5.17. The van der Waals surface area contributed by atoms with Gasteiger partial charge in [0.1, 0.15) is 0 Å². The third-order valence-corrected chi connectivity index (χ3v) is 2.19. The molecule has 0 atom stereocenters. The number of rotatable bonds is 3. The lowest BCUT2D eigenvalue weighted by molar-refractivity contribution is 0.220. The highest BCUT2D eigenvalue weighted by Crippen LogP contribution is 2.10. The number of terminal acetylenes is 1. The number of amides is 2. The molecule has 2 amide bonds. The summed E-state index contributed by atoms with van der Waals surface area (Å²) < 4.78 is 0. The first-order valence-corrected chi connectivity index (χ1v) is 5.20. The van der Waals surface area contributed by atoms with Crippen LogP contribution >= 0.6 is 0 Å². The van der Waals surface area contributed by atoms with Crippen molar-refractivity contribution in [1.29, 1.82) is 5.26 Å². The minimum atomic E-state index is -0.263. The number of carbonyl (C=O) groups is 1. The molecule has 1 rings (SSSR count). The number of anilines is 1. The quantitative estimate of drug-likeness (QED) is 0.803. The Hall–Kier alpha value is -2.46. The van der Waals surface area contributed by atoms with Crippen LogP contribution in [0.2, 0.25) is 0 Å². The highest BCUT2D eigenvalue weighted by Gasteiger charge is 2.10. The molecular formula is C13H13N3O. The second kappa shape index (κ2) is 6.19. The van der Waals surface area contributed by atoms with Crippen LogP contribution in [0.15, 0.2) is 24.3 Å². The van der Waals surface area contributed by atoms with Crippen molar-refractivity contribution in [1.82, 2.24) is 4.90 Å². The van der Waals surface area contributed by atoms with Gasteiger partial charge in [0, 0.05) is 12.2 Å². The van der Waals surface area contributed by atoms with Gasteiger partial charge in [0.25, 0.3) is 0 Å². The van der Waals surface area contributed by atoms with E-state index >= 15 is 0 Å². The number of carbonyl (C=O) groups excluding carboxylic acids is 1. The van der Waals surface area contributed by atoms with Gasteiger partial charge in [0.05, 0.1) is 18.2 Å². The van der Waals surface area contributed by atoms with E-state index in [1.807, 2.05) is 13.0 Å². The lowest BCUT2D eigenvalue weighted by atomic mass is 10.2. The van der Waals surface area contributed by atoms with Crippen molar-refractivity contribution in [3.8, 4) is 18.4 Å². The molecule has 0 aliphatic heterocycles. The Labute approximate surface area is 101 Å². The Morgan fingerprint density at radius 1 is 1.59 bits per heavy atom. The molecule has 0 fully saturated rings. The summed E-state index contributed by atoms with van der Waals surface area (Å²) in [6, 6.07) is 8.47. The molecule has 0 spiro atoms. The normalized spacial score (nSPS) is 8.88. The van der Waals surface area contributed by atoms with Gasteiger partial charge in [-0.05, 0) is 25.1 Å². The summed E-state index contributed by atoms with van der Waals surface area (Å²) in [7, 11) is 0. The number of urea groups is 1. The van der Waals surface area contributed by atoms with Crippen molar-refractivity contribution in [3.05, 3.63) is 29.8 Å². The molecule has 0 saturated heterocycles. The Morgan fingerprint density at radius 2 is 2.35 bits per heavy atom. The first-order chi connectivity index (χ1) is 8.21. The van der Waals surface area contributed by atoms with Crippen molar-refractivity contribution >= 4 is 11.7 Å². The number of nitrogens with zero attached hydrogens (tertiary/aromatic N) is 2. The molecule has 0 radical (unpaired) electrons. The predicted octanol–water partition coefficient (Wildman–Crippen LogP) is 2.05. The summed E-state index contributed by atoms with van der Waals surface area (Å²) in [6.45, 7) is 2.65. The molecule has 0 unspecified atom stereocenters. The monoisotopic (exact) mass is 227 g/mol. The topological polar surface area (TPSA) is 56.1 Å². The van der Waals surface area contributed by atoms with E-state index in [4.69, 9.17) is 11.7 Å². The van der Waals surface area contributed by atoms with Crippen LogP contribution < -0.4 is 5.32 Å². The smallest absolute Gasteiger partial charge is 0.314 e. The van der Waals surface area contributed by atoms with Gasteiger partial charge < -0.3 is 10.2 Å². The number of hydrogen-bond acceptors (Lipinski definition) is 2. The van der Waals surface area contributed by atoms with Crippen molar-refractivity contribution in [2.24, 2.45) is 0 Å². The lowest BCUT2D eigenvalue weighted by Gasteiger charge is -2.18. The molecule has 1 N–H and O–H groups in total. The second-order valence-electron chi connectivity index (χ2n) is 3.34. The molecule has 0 aliphatic rings. The fourth-order valence-corrected chi connectivity index (χ4v) is 1.31. The number of nitrogens with one attached hydrogen (secondary N) is 1. The average molecular weight is 227 g/mol. The van der Waals surface area contributed by atoms with Gasteiger partial charge >= 0.3 is 6.03 Å². The summed E-state index contributed by atoms with van der Waals surface area (Å²) in [4.78, 5) is 13.3. The number of benzene rings is 1. The van der Waals surface area contributed by atoms with Gasteiger partial charge in [-0.3, -0.25) is 0 Å². The molecule has 0 aromatic heterocycles. The molecule has 17 heavy (non-hydrogen) atoms. The van der Waals surface area contributed by atoms with Crippen LogP contribution in [-0.2, 0) is 0 Å². The van der Waals surface area contributed by atoms with Crippen molar-refractivity contribution in [2.75, 3.05) is 18.4 Å². The van der Waals surface area contributed by atoms with E-state index in [0.717, 1.165) is 0 Å². The van der Waals surface area contributed by atoms with E-state index in [1.54, 1.807) is 24.3 Å². The molecule has 0 heterocycles. The third-order valence-electron chi connectivity index (χ3n) is 2.19. The van der Waals surface area contributed by atoms with Gasteiger partial charge in [0.2, 0.25) is 0 Å². The third kappa shape index (κ3) is 3.55. The molecule has 1 aromatic rings. The number of nitriles is 1. The molecular weight excluding hydrogens is 214 g/mol. The summed E-state index contributed by atoms with van der Waals surface area (Å²) in [5.74, 6) is 2.42. The molecule has 0 saturated carbocycles. The Balaban J connectivity index is 2.74. The van der Waals surface area contributed by atoms with E-state index in [1.165, 1.54) is 4.90 Å². The zero-order valence-electron chi connectivity index (χ0n) is 9.60. The summed E-state index contributed by atoms with van der Waals surface area (Å²) in [5, 5.41) is 11.4. The molecule has 1 aromatic carbocycles.